The molecule has 0 radical (unpaired) electrons. The van der Waals surface area contributed by atoms with Crippen LogP contribution in [-0.2, 0) is 16.6 Å². The van der Waals surface area contributed by atoms with Gasteiger partial charge in [0.1, 0.15) is 12.4 Å². The van der Waals surface area contributed by atoms with Gasteiger partial charge in [-0.25, -0.2) is 4.83 Å². The van der Waals surface area contributed by atoms with Gasteiger partial charge in [-0.15, -0.1) is 0 Å². The predicted octanol–water partition coefficient (Wildman–Crippen LogP) is 5.75. The predicted molar refractivity (Wildman–Crippen MR) is 137 cm³/mol. The molecule has 0 heterocycles. The minimum absolute atomic E-state index is 0.167. The van der Waals surface area contributed by atoms with Gasteiger partial charge in [0.25, 0.3) is 10.0 Å². The first-order chi connectivity index (χ1) is 14.2. The Labute approximate surface area is 208 Å². The zero-order valence-corrected chi connectivity index (χ0v) is 21.7. The normalized spacial score (nSPS) is 11.6. The van der Waals surface area contributed by atoms with Crippen molar-refractivity contribution in [1.82, 2.24) is 4.83 Å². The molecule has 30 heavy (non-hydrogen) atoms. The minimum atomic E-state index is -3.70. The Hall–Kier alpha value is -1.37. The molecule has 0 fully saturated rings. The van der Waals surface area contributed by atoms with Crippen LogP contribution in [0.15, 0.2) is 70.7 Å². The van der Waals surface area contributed by atoms with E-state index in [1.54, 1.807) is 24.3 Å². The van der Waals surface area contributed by atoms with E-state index in [0.29, 0.717) is 11.6 Å². The summed E-state index contributed by atoms with van der Waals surface area (Å²) >= 11 is 10.3. The zero-order chi connectivity index (χ0) is 21.7. The second-order valence-electron chi connectivity index (χ2n) is 6.39. The molecule has 156 valence electrons. The number of hydrazone groups is 1. The van der Waals surface area contributed by atoms with Crippen LogP contribution in [0.1, 0.15) is 16.7 Å². The van der Waals surface area contributed by atoms with E-state index < -0.39 is 10.0 Å². The van der Waals surface area contributed by atoms with Gasteiger partial charge >= 0.3 is 0 Å². The molecule has 0 unspecified atom stereocenters. The minimum Gasteiger partial charge on any atom is -0.487 e. The summed E-state index contributed by atoms with van der Waals surface area (Å²) in [5, 5.41) is 4.59. The maximum atomic E-state index is 12.3. The Morgan fingerprint density at radius 3 is 2.23 bits per heavy atom. The van der Waals surface area contributed by atoms with Crippen molar-refractivity contribution in [2.45, 2.75) is 18.4 Å². The van der Waals surface area contributed by atoms with Crippen LogP contribution < -0.4 is 9.57 Å². The third-order valence-electron chi connectivity index (χ3n) is 4.03. The van der Waals surface area contributed by atoms with Gasteiger partial charge in [0, 0.05) is 5.02 Å². The van der Waals surface area contributed by atoms with Gasteiger partial charge in [-0.1, -0.05) is 41.4 Å². The number of benzene rings is 3. The lowest BCUT2D eigenvalue weighted by atomic mass is 10.2. The van der Waals surface area contributed by atoms with Crippen LogP contribution >= 0.6 is 56.8 Å². The van der Waals surface area contributed by atoms with Crippen molar-refractivity contribution in [3.63, 3.8) is 0 Å². The molecule has 0 aromatic heterocycles. The Kier molecular flexibility index (Phi) is 7.99. The number of sulfonamides is 1. The Morgan fingerprint density at radius 2 is 1.63 bits per heavy atom. The molecule has 0 spiro atoms. The molecular weight excluding hydrogens is 650 g/mol. The van der Waals surface area contributed by atoms with Crippen LogP contribution in [0.3, 0.4) is 0 Å². The number of nitrogens with zero attached hydrogens (tertiary/aromatic N) is 1. The van der Waals surface area contributed by atoms with E-state index in [0.717, 1.165) is 29.6 Å². The number of hydrogen-bond donors (Lipinski definition) is 1. The van der Waals surface area contributed by atoms with Crippen LogP contribution in [0.2, 0.25) is 5.02 Å². The molecule has 0 aliphatic heterocycles. The van der Waals surface area contributed by atoms with Crippen molar-refractivity contribution in [1.29, 1.82) is 0 Å². The lowest BCUT2D eigenvalue weighted by Gasteiger charge is -2.11. The van der Waals surface area contributed by atoms with Crippen LogP contribution in [0.4, 0.5) is 0 Å². The van der Waals surface area contributed by atoms with Gasteiger partial charge in [-0.2, -0.15) is 13.5 Å². The molecule has 0 bridgehead atoms. The summed E-state index contributed by atoms with van der Waals surface area (Å²) < 4.78 is 32.4. The van der Waals surface area contributed by atoms with Crippen molar-refractivity contribution in [2.75, 3.05) is 0 Å². The van der Waals surface area contributed by atoms with E-state index in [9.17, 15) is 8.42 Å². The fourth-order valence-corrected chi connectivity index (χ4v) is 5.51. The molecule has 5 nitrogen and oxygen atoms in total. The van der Waals surface area contributed by atoms with Crippen molar-refractivity contribution in [3.05, 3.63) is 89.5 Å². The summed E-state index contributed by atoms with van der Waals surface area (Å²) in [6.07, 6.45) is 1.47. The highest BCUT2D eigenvalue weighted by Gasteiger charge is 2.12. The number of nitrogens with one attached hydrogen (secondary N) is 1. The molecule has 3 aromatic carbocycles. The molecular formula is C21H17ClI2N2O3S. The van der Waals surface area contributed by atoms with E-state index >= 15 is 0 Å². The molecule has 3 aromatic rings. The molecule has 9 heteroatoms. The standard InChI is InChI=1S/C21H17ClI2N2O3S/c1-14-2-8-18(9-3-14)30(27,28)26-25-12-16-10-19(23)21(20(24)11-16)29-13-15-4-6-17(22)7-5-15/h2-12,26H,13H2,1H3/b25-12-. The van der Waals surface area contributed by atoms with Crippen molar-refractivity contribution < 1.29 is 13.2 Å². The number of ether oxygens (including phenoxy) is 1. The second-order valence-corrected chi connectivity index (χ2v) is 10.8. The Morgan fingerprint density at radius 1 is 1.03 bits per heavy atom. The lowest BCUT2D eigenvalue weighted by Crippen LogP contribution is -2.18. The number of hydrogen-bond acceptors (Lipinski definition) is 4. The van der Waals surface area contributed by atoms with E-state index in [-0.39, 0.29) is 4.90 Å². The summed E-state index contributed by atoms with van der Waals surface area (Å²) in [5.41, 5.74) is 2.76. The van der Waals surface area contributed by atoms with Gasteiger partial charge in [0.05, 0.1) is 18.3 Å². The fraction of sp³-hybridized carbons (Fsp3) is 0.0952. The van der Waals surface area contributed by atoms with Gasteiger partial charge in [-0.3, -0.25) is 0 Å². The maximum Gasteiger partial charge on any atom is 0.276 e. The summed E-state index contributed by atoms with van der Waals surface area (Å²) in [4.78, 5) is 2.41. The number of aryl methyl sites for hydroxylation is 1. The lowest BCUT2D eigenvalue weighted by molar-refractivity contribution is 0.302. The van der Waals surface area contributed by atoms with E-state index in [1.807, 2.05) is 43.3 Å². The monoisotopic (exact) mass is 666 g/mol. The molecule has 3 rings (SSSR count). The first-order valence-electron chi connectivity index (χ1n) is 8.72. The summed E-state index contributed by atoms with van der Waals surface area (Å²) in [5.74, 6) is 0.767. The maximum absolute atomic E-state index is 12.3. The molecule has 0 atom stereocenters. The summed E-state index contributed by atoms with van der Waals surface area (Å²) in [6, 6.07) is 17.8. The van der Waals surface area contributed by atoms with Crippen molar-refractivity contribution >= 4 is 73.0 Å². The summed E-state index contributed by atoms with van der Waals surface area (Å²) in [7, 11) is -3.70. The summed E-state index contributed by atoms with van der Waals surface area (Å²) in [6.45, 7) is 2.32. The highest BCUT2D eigenvalue weighted by atomic mass is 127. The van der Waals surface area contributed by atoms with Crippen LogP contribution in [-0.4, -0.2) is 14.6 Å². The van der Waals surface area contributed by atoms with Crippen LogP contribution in [0.25, 0.3) is 0 Å². The van der Waals surface area contributed by atoms with Crippen LogP contribution in [0.5, 0.6) is 5.75 Å². The molecule has 0 aliphatic carbocycles. The number of rotatable bonds is 7. The quantitative estimate of drug-likeness (QED) is 0.199. The molecule has 0 saturated heterocycles. The average Bonchev–Trinajstić information content (AvgIpc) is 2.69. The third-order valence-corrected chi connectivity index (χ3v) is 7.13. The average molecular weight is 667 g/mol. The van der Waals surface area contributed by atoms with Gasteiger partial charge < -0.3 is 4.74 Å². The number of halogens is 3. The van der Waals surface area contributed by atoms with E-state index in [2.05, 4.69) is 55.1 Å². The highest BCUT2D eigenvalue weighted by molar-refractivity contribution is 14.1. The van der Waals surface area contributed by atoms with Crippen LogP contribution in [0, 0.1) is 14.1 Å². The molecule has 0 aliphatic rings. The SMILES string of the molecule is Cc1ccc(S(=O)(=O)N/N=C\c2cc(I)c(OCc3ccc(Cl)cc3)c(I)c2)cc1. The molecule has 1 N–H and O–H groups in total. The van der Waals surface area contributed by atoms with Gasteiger partial charge in [0.2, 0.25) is 0 Å². The highest BCUT2D eigenvalue weighted by Crippen LogP contribution is 2.29. The van der Waals surface area contributed by atoms with Crippen molar-refractivity contribution in [3.8, 4) is 5.75 Å². The van der Waals surface area contributed by atoms with Gasteiger partial charge in [-0.05, 0) is 99.6 Å². The first-order valence-corrected chi connectivity index (χ1v) is 12.7. The van der Waals surface area contributed by atoms with E-state index in [4.69, 9.17) is 16.3 Å². The van der Waals surface area contributed by atoms with Gasteiger partial charge in [0.15, 0.2) is 0 Å². The van der Waals surface area contributed by atoms with E-state index in [1.165, 1.54) is 6.21 Å². The molecule has 0 saturated carbocycles. The second kappa shape index (κ2) is 10.3. The Bertz CT molecular complexity index is 1140. The smallest absolute Gasteiger partial charge is 0.276 e. The van der Waals surface area contributed by atoms with Crippen molar-refractivity contribution in [2.24, 2.45) is 5.10 Å². The topological polar surface area (TPSA) is 67.8 Å². The Balaban J connectivity index is 1.68. The third kappa shape index (κ3) is 6.32. The zero-order valence-electron chi connectivity index (χ0n) is 15.8. The largest absolute Gasteiger partial charge is 0.487 e. The first kappa shape index (κ1) is 23.3. The fourth-order valence-electron chi connectivity index (χ4n) is 2.47. The molecule has 0 amide bonds.